The molecule has 0 saturated carbocycles. The Hall–Kier alpha value is -3.55. The zero-order valence-corrected chi connectivity index (χ0v) is 18.2. The number of H-pyrrole nitrogens is 1. The molecule has 0 bridgehead atoms. The van der Waals surface area contributed by atoms with Gasteiger partial charge in [-0.1, -0.05) is 17.7 Å². The largest absolute Gasteiger partial charge is 0.346 e. The van der Waals surface area contributed by atoms with Crippen LogP contribution in [-0.2, 0) is 6.54 Å². The zero-order valence-electron chi connectivity index (χ0n) is 16.6. The molecule has 162 valence electrons. The minimum absolute atomic E-state index is 0. The lowest BCUT2D eigenvalue weighted by atomic mass is 10.2. The van der Waals surface area contributed by atoms with Gasteiger partial charge < -0.3 is 20.2 Å². The molecule has 5 aromatic rings. The molecule has 0 spiro atoms. The number of pyridine rings is 1. The molecule has 0 atom stereocenters. The van der Waals surface area contributed by atoms with Crippen molar-refractivity contribution in [3.63, 3.8) is 0 Å². The van der Waals surface area contributed by atoms with Gasteiger partial charge in [-0.05, 0) is 54.1 Å². The predicted octanol–water partition coefficient (Wildman–Crippen LogP) is 6.42. The molecular formula is C23H18Cl2FN5O. The van der Waals surface area contributed by atoms with Gasteiger partial charge in [-0.25, -0.2) is 14.2 Å². The van der Waals surface area contributed by atoms with Crippen LogP contribution in [0.1, 0.15) is 5.56 Å². The summed E-state index contributed by atoms with van der Waals surface area (Å²) in [5, 5.41) is 7.53. The Labute approximate surface area is 193 Å². The lowest BCUT2D eigenvalue weighted by molar-refractivity contribution is 0.262. The number of anilines is 2. The molecular weight excluding hydrogens is 452 g/mol. The summed E-state index contributed by atoms with van der Waals surface area (Å²) in [6, 6.07) is 15.1. The lowest BCUT2D eigenvalue weighted by Crippen LogP contribution is -2.20. The zero-order chi connectivity index (χ0) is 21.4. The van der Waals surface area contributed by atoms with E-state index in [1.54, 1.807) is 12.3 Å². The van der Waals surface area contributed by atoms with Gasteiger partial charge in [-0.15, -0.1) is 12.4 Å². The van der Waals surface area contributed by atoms with Gasteiger partial charge in [-0.2, -0.15) is 0 Å². The third-order valence-corrected chi connectivity index (χ3v) is 5.35. The van der Waals surface area contributed by atoms with Crippen LogP contribution in [-0.4, -0.2) is 20.6 Å². The number of fused-ring (bicyclic) bond motifs is 2. The minimum Gasteiger partial charge on any atom is -0.346 e. The first-order valence-corrected chi connectivity index (χ1v) is 9.98. The molecule has 0 aliphatic heterocycles. The summed E-state index contributed by atoms with van der Waals surface area (Å²) in [5.74, 6) is -0.597. The third kappa shape index (κ3) is 4.12. The van der Waals surface area contributed by atoms with E-state index >= 15 is 0 Å². The van der Waals surface area contributed by atoms with Gasteiger partial charge in [-0.3, -0.25) is 0 Å². The Kier molecular flexibility index (Phi) is 6.03. The molecule has 2 aromatic carbocycles. The molecule has 3 heterocycles. The highest BCUT2D eigenvalue weighted by Gasteiger charge is 2.12. The van der Waals surface area contributed by atoms with Crippen LogP contribution >= 0.6 is 24.0 Å². The van der Waals surface area contributed by atoms with Gasteiger partial charge in [0.25, 0.3) is 0 Å². The Morgan fingerprint density at radius 3 is 2.75 bits per heavy atom. The maximum atomic E-state index is 14.0. The number of halogens is 3. The van der Waals surface area contributed by atoms with E-state index in [4.69, 9.17) is 11.6 Å². The average molecular weight is 470 g/mol. The number of aromatic amines is 1. The predicted molar refractivity (Wildman–Crippen MR) is 128 cm³/mol. The monoisotopic (exact) mass is 469 g/mol. The standard InChI is InChI=1S/C23H17ClFN5O.ClH/c24-15-6-7-20(18(25)11-15)29-23(31)28-19-4-1-5-21-17(19)8-10-30(21)13-14-12-27-22-16(14)3-2-9-26-22;/h1-12H,13H2,(H,26,27)(H2,28,29,31);1H. The molecule has 0 aliphatic rings. The van der Waals surface area contributed by atoms with Crippen LogP contribution < -0.4 is 10.6 Å². The van der Waals surface area contributed by atoms with E-state index in [9.17, 15) is 9.18 Å². The highest BCUT2D eigenvalue weighted by atomic mass is 35.5. The molecule has 32 heavy (non-hydrogen) atoms. The van der Waals surface area contributed by atoms with E-state index in [-0.39, 0.29) is 23.1 Å². The molecule has 0 aliphatic carbocycles. The molecule has 5 rings (SSSR count). The topological polar surface area (TPSA) is 74.7 Å². The maximum absolute atomic E-state index is 14.0. The Bertz CT molecular complexity index is 1430. The number of nitrogens with one attached hydrogen (secondary N) is 3. The number of carbonyl (C=O) groups is 1. The van der Waals surface area contributed by atoms with Crippen molar-refractivity contribution in [2.24, 2.45) is 0 Å². The first-order chi connectivity index (χ1) is 15.1. The fourth-order valence-corrected chi connectivity index (χ4v) is 3.82. The van der Waals surface area contributed by atoms with E-state index in [0.717, 1.165) is 33.6 Å². The summed E-state index contributed by atoms with van der Waals surface area (Å²) >= 11 is 5.76. The molecule has 3 N–H and O–H groups in total. The second-order valence-electron chi connectivity index (χ2n) is 7.10. The fourth-order valence-electron chi connectivity index (χ4n) is 3.66. The number of nitrogens with zero attached hydrogens (tertiary/aromatic N) is 2. The first kappa shape index (κ1) is 21.7. The van der Waals surface area contributed by atoms with Gasteiger partial charge in [0, 0.05) is 40.9 Å². The van der Waals surface area contributed by atoms with Gasteiger partial charge in [0.1, 0.15) is 11.5 Å². The van der Waals surface area contributed by atoms with Crippen molar-refractivity contribution < 1.29 is 9.18 Å². The maximum Gasteiger partial charge on any atom is 0.323 e. The number of amides is 2. The Morgan fingerprint density at radius 2 is 1.91 bits per heavy atom. The van der Waals surface area contributed by atoms with Crippen molar-refractivity contribution in [3.05, 3.63) is 89.6 Å². The van der Waals surface area contributed by atoms with Crippen LogP contribution in [0.2, 0.25) is 5.02 Å². The van der Waals surface area contributed by atoms with Crippen molar-refractivity contribution in [1.29, 1.82) is 0 Å². The molecule has 0 saturated heterocycles. The number of rotatable bonds is 4. The number of benzene rings is 2. The van der Waals surface area contributed by atoms with Crippen molar-refractivity contribution >= 4 is 63.4 Å². The van der Waals surface area contributed by atoms with Crippen LogP contribution in [0.3, 0.4) is 0 Å². The fraction of sp³-hybridized carbons (Fsp3) is 0.0435. The summed E-state index contributed by atoms with van der Waals surface area (Å²) < 4.78 is 16.1. The average Bonchev–Trinajstić information content (AvgIpc) is 3.36. The van der Waals surface area contributed by atoms with Crippen LogP contribution in [0, 0.1) is 5.82 Å². The summed E-state index contributed by atoms with van der Waals surface area (Å²) in [6.07, 6.45) is 5.69. The van der Waals surface area contributed by atoms with Crippen molar-refractivity contribution in [3.8, 4) is 0 Å². The number of hydrogen-bond donors (Lipinski definition) is 3. The van der Waals surface area contributed by atoms with E-state index in [2.05, 4.69) is 25.2 Å². The molecule has 0 radical (unpaired) electrons. The normalized spacial score (nSPS) is 10.8. The van der Waals surface area contributed by atoms with Crippen molar-refractivity contribution in [1.82, 2.24) is 14.5 Å². The number of carbonyl (C=O) groups excluding carboxylic acids is 1. The minimum atomic E-state index is -0.597. The summed E-state index contributed by atoms with van der Waals surface area (Å²) in [7, 11) is 0. The van der Waals surface area contributed by atoms with Crippen LogP contribution in [0.25, 0.3) is 21.9 Å². The smallest absolute Gasteiger partial charge is 0.323 e. The van der Waals surface area contributed by atoms with E-state index in [1.165, 1.54) is 12.1 Å². The number of hydrogen-bond acceptors (Lipinski definition) is 2. The van der Waals surface area contributed by atoms with E-state index in [1.807, 2.05) is 42.7 Å². The quantitative estimate of drug-likeness (QED) is 0.283. The number of urea groups is 1. The van der Waals surface area contributed by atoms with Crippen LogP contribution in [0.15, 0.2) is 73.2 Å². The van der Waals surface area contributed by atoms with Gasteiger partial charge in [0.2, 0.25) is 0 Å². The van der Waals surface area contributed by atoms with Gasteiger partial charge >= 0.3 is 6.03 Å². The molecule has 3 aromatic heterocycles. The molecule has 2 amide bonds. The second-order valence-corrected chi connectivity index (χ2v) is 7.54. The Balaban J connectivity index is 0.00000245. The summed E-state index contributed by atoms with van der Waals surface area (Å²) in [4.78, 5) is 20.0. The summed E-state index contributed by atoms with van der Waals surface area (Å²) in [6.45, 7) is 0.654. The first-order valence-electron chi connectivity index (χ1n) is 9.60. The van der Waals surface area contributed by atoms with Crippen molar-refractivity contribution in [2.75, 3.05) is 10.6 Å². The van der Waals surface area contributed by atoms with Crippen LogP contribution in [0.5, 0.6) is 0 Å². The molecule has 0 fully saturated rings. The third-order valence-electron chi connectivity index (χ3n) is 5.12. The van der Waals surface area contributed by atoms with E-state index in [0.29, 0.717) is 12.2 Å². The van der Waals surface area contributed by atoms with E-state index < -0.39 is 11.8 Å². The highest BCUT2D eigenvalue weighted by Crippen LogP contribution is 2.27. The lowest BCUT2D eigenvalue weighted by Gasteiger charge is -2.10. The molecule has 0 unspecified atom stereocenters. The van der Waals surface area contributed by atoms with Crippen molar-refractivity contribution in [2.45, 2.75) is 6.54 Å². The SMILES string of the molecule is Cl.O=C(Nc1ccc(Cl)cc1F)Nc1cccc2c1ccn2Cc1c[nH]c2ncccc12. The molecule has 9 heteroatoms. The molecule has 6 nitrogen and oxygen atoms in total. The summed E-state index contributed by atoms with van der Waals surface area (Å²) in [5.41, 5.74) is 3.62. The highest BCUT2D eigenvalue weighted by molar-refractivity contribution is 6.30. The van der Waals surface area contributed by atoms with Gasteiger partial charge in [0.05, 0.1) is 16.9 Å². The Morgan fingerprint density at radius 1 is 1.06 bits per heavy atom. The number of aromatic nitrogens is 3. The van der Waals surface area contributed by atoms with Crippen LogP contribution in [0.4, 0.5) is 20.6 Å². The van der Waals surface area contributed by atoms with Gasteiger partial charge in [0.15, 0.2) is 0 Å². The second kappa shape index (κ2) is 8.90.